The Morgan fingerprint density at radius 1 is 1.31 bits per heavy atom. The van der Waals surface area contributed by atoms with Crippen molar-refractivity contribution in [3.8, 4) is 0 Å². The van der Waals surface area contributed by atoms with E-state index in [0.717, 1.165) is 6.07 Å². The van der Waals surface area contributed by atoms with E-state index in [0.29, 0.717) is 22.8 Å². The summed E-state index contributed by atoms with van der Waals surface area (Å²) in [6.45, 7) is 1.84. The van der Waals surface area contributed by atoms with Crippen LogP contribution in [0.1, 0.15) is 28.3 Å². The SMILES string of the molecule is Cc1cc2oc(C(=O)N(Cc3ccco3)[C@H]3CCS(=O)(=O)C3)cc(=O)c2cc1Cl. The van der Waals surface area contributed by atoms with Crippen LogP contribution in [-0.2, 0) is 16.4 Å². The molecule has 0 N–H and O–H groups in total. The van der Waals surface area contributed by atoms with Crippen LogP contribution in [-0.4, -0.2) is 36.8 Å². The number of carbonyl (C=O) groups is 1. The summed E-state index contributed by atoms with van der Waals surface area (Å²) in [6, 6.07) is 7.10. The van der Waals surface area contributed by atoms with E-state index >= 15 is 0 Å². The van der Waals surface area contributed by atoms with Gasteiger partial charge in [0.25, 0.3) is 5.91 Å². The third-order valence-corrected chi connectivity index (χ3v) is 7.19. The van der Waals surface area contributed by atoms with Crippen molar-refractivity contribution < 1.29 is 22.0 Å². The van der Waals surface area contributed by atoms with Crippen LogP contribution in [0.4, 0.5) is 0 Å². The largest absolute Gasteiger partial charge is 0.467 e. The maximum atomic E-state index is 13.2. The molecule has 29 heavy (non-hydrogen) atoms. The van der Waals surface area contributed by atoms with Gasteiger partial charge in [-0.05, 0) is 43.2 Å². The number of nitrogens with zero attached hydrogens (tertiary/aromatic N) is 1. The van der Waals surface area contributed by atoms with Crippen LogP contribution in [0.5, 0.6) is 0 Å². The first-order chi connectivity index (χ1) is 13.7. The molecule has 1 atom stereocenters. The fourth-order valence-corrected chi connectivity index (χ4v) is 5.38. The van der Waals surface area contributed by atoms with Gasteiger partial charge in [-0.1, -0.05) is 11.6 Å². The van der Waals surface area contributed by atoms with E-state index < -0.39 is 27.2 Å². The molecule has 1 aromatic carbocycles. The van der Waals surface area contributed by atoms with E-state index in [2.05, 4.69) is 0 Å². The topological polar surface area (TPSA) is 97.8 Å². The molecular formula is C20H18ClNO6S. The van der Waals surface area contributed by atoms with Crippen LogP contribution in [0, 0.1) is 6.92 Å². The Morgan fingerprint density at radius 3 is 2.76 bits per heavy atom. The van der Waals surface area contributed by atoms with E-state index in [4.69, 9.17) is 20.4 Å². The Morgan fingerprint density at radius 2 is 2.10 bits per heavy atom. The first kappa shape index (κ1) is 19.7. The number of aryl methyl sites for hydroxylation is 1. The van der Waals surface area contributed by atoms with Gasteiger partial charge in [0, 0.05) is 17.1 Å². The van der Waals surface area contributed by atoms with Gasteiger partial charge in [-0.2, -0.15) is 0 Å². The minimum Gasteiger partial charge on any atom is -0.467 e. The van der Waals surface area contributed by atoms with Gasteiger partial charge in [0.1, 0.15) is 11.3 Å². The van der Waals surface area contributed by atoms with Gasteiger partial charge in [-0.3, -0.25) is 9.59 Å². The van der Waals surface area contributed by atoms with Crippen LogP contribution in [0.2, 0.25) is 5.02 Å². The van der Waals surface area contributed by atoms with E-state index in [1.807, 2.05) is 0 Å². The number of hydrogen-bond acceptors (Lipinski definition) is 6. The van der Waals surface area contributed by atoms with Crippen molar-refractivity contribution in [2.24, 2.45) is 0 Å². The smallest absolute Gasteiger partial charge is 0.290 e. The molecule has 0 unspecified atom stereocenters. The summed E-state index contributed by atoms with van der Waals surface area (Å²) < 4.78 is 35.0. The van der Waals surface area contributed by atoms with Crippen LogP contribution < -0.4 is 5.43 Å². The second-order valence-electron chi connectivity index (χ2n) is 7.14. The second-order valence-corrected chi connectivity index (χ2v) is 9.78. The van der Waals surface area contributed by atoms with Crippen LogP contribution in [0.15, 0.2) is 50.2 Å². The van der Waals surface area contributed by atoms with Crippen molar-refractivity contribution in [3.63, 3.8) is 0 Å². The molecule has 1 aliphatic rings. The maximum Gasteiger partial charge on any atom is 0.290 e. The Labute approximate surface area is 171 Å². The van der Waals surface area contributed by atoms with E-state index in [9.17, 15) is 18.0 Å². The van der Waals surface area contributed by atoms with Crippen molar-refractivity contribution >= 4 is 38.3 Å². The van der Waals surface area contributed by atoms with Gasteiger partial charge >= 0.3 is 0 Å². The van der Waals surface area contributed by atoms with E-state index in [1.54, 1.807) is 25.1 Å². The molecule has 1 fully saturated rings. The number of sulfone groups is 1. The van der Waals surface area contributed by atoms with Gasteiger partial charge in [-0.25, -0.2) is 8.42 Å². The molecule has 0 radical (unpaired) electrons. The molecule has 0 saturated carbocycles. The third kappa shape index (κ3) is 3.95. The molecule has 7 nitrogen and oxygen atoms in total. The lowest BCUT2D eigenvalue weighted by atomic mass is 10.1. The molecule has 4 rings (SSSR count). The predicted molar refractivity (Wildman–Crippen MR) is 108 cm³/mol. The summed E-state index contributed by atoms with van der Waals surface area (Å²) >= 11 is 6.08. The molecule has 0 aliphatic carbocycles. The summed E-state index contributed by atoms with van der Waals surface area (Å²) in [5, 5.41) is 0.706. The van der Waals surface area contributed by atoms with E-state index in [-0.39, 0.29) is 34.8 Å². The number of halogens is 1. The lowest BCUT2D eigenvalue weighted by molar-refractivity contribution is 0.0634. The van der Waals surface area contributed by atoms with Gasteiger partial charge in [0.15, 0.2) is 21.0 Å². The number of carbonyl (C=O) groups excluding carboxylic acids is 1. The highest BCUT2D eigenvalue weighted by Crippen LogP contribution is 2.25. The average Bonchev–Trinajstić information content (AvgIpc) is 3.29. The Bertz CT molecular complexity index is 1250. The fourth-order valence-electron chi connectivity index (χ4n) is 3.48. The molecule has 1 aliphatic heterocycles. The number of amides is 1. The molecule has 0 spiro atoms. The first-order valence-corrected chi connectivity index (χ1v) is 11.2. The highest BCUT2D eigenvalue weighted by Gasteiger charge is 2.36. The first-order valence-electron chi connectivity index (χ1n) is 9.01. The fraction of sp³-hybridized carbons (Fsp3) is 0.300. The van der Waals surface area contributed by atoms with Gasteiger partial charge in [-0.15, -0.1) is 0 Å². The number of fused-ring (bicyclic) bond motifs is 1. The number of benzene rings is 1. The Hall–Kier alpha value is -2.58. The lowest BCUT2D eigenvalue weighted by Crippen LogP contribution is -2.40. The van der Waals surface area contributed by atoms with Crippen molar-refractivity contribution in [1.82, 2.24) is 4.90 Å². The zero-order chi connectivity index (χ0) is 20.8. The number of furan rings is 1. The molecule has 2 aromatic heterocycles. The zero-order valence-electron chi connectivity index (χ0n) is 15.6. The minimum atomic E-state index is -3.22. The molecule has 1 amide bonds. The van der Waals surface area contributed by atoms with Crippen molar-refractivity contribution in [2.45, 2.75) is 25.9 Å². The summed E-state index contributed by atoms with van der Waals surface area (Å²) in [7, 11) is -3.22. The molecule has 1 saturated heterocycles. The summed E-state index contributed by atoms with van der Waals surface area (Å²) in [5.41, 5.74) is 0.564. The number of hydrogen-bond donors (Lipinski definition) is 0. The number of rotatable bonds is 4. The average molecular weight is 436 g/mol. The zero-order valence-corrected chi connectivity index (χ0v) is 17.1. The molecule has 0 bridgehead atoms. The van der Waals surface area contributed by atoms with Crippen molar-refractivity contribution in [2.75, 3.05) is 11.5 Å². The highest BCUT2D eigenvalue weighted by molar-refractivity contribution is 7.91. The molecular weight excluding hydrogens is 418 g/mol. The molecule has 3 aromatic rings. The van der Waals surface area contributed by atoms with Gasteiger partial charge < -0.3 is 13.7 Å². The Kier molecular flexibility index (Phi) is 5.00. The molecule has 9 heteroatoms. The molecule has 152 valence electrons. The quantitative estimate of drug-likeness (QED) is 0.624. The van der Waals surface area contributed by atoms with Crippen LogP contribution in [0.3, 0.4) is 0 Å². The summed E-state index contributed by atoms with van der Waals surface area (Å²) in [5.74, 6) is -0.325. The van der Waals surface area contributed by atoms with Crippen LogP contribution in [0.25, 0.3) is 11.0 Å². The van der Waals surface area contributed by atoms with Crippen molar-refractivity contribution in [1.29, 1.82) is 0 Å². The van der Waals surface area contributed by atoms with Gasteiger partial charge in [0.2, 0.25) is 0 Å². The Balaban J connectivity index is 1.75. The highest BCUT2D eigenvalue weighted by atomic mass is 35.5. The molecule has 3 heterocycles. The maximum absolute atomic E-state index is 13.2. The monoisotopic (exact) mass is 435 g/mol. The minimum absolute atomic E-state index is 0.0129. The summed E-state index contributed by atoms with van der Waals surface area (Å²) in [4.78, 5) is 27.2. The predicted octanol–water partition coefficient (Wildman–Crippen LogP) is 3.18. The van der Waals surface area contributed by atoms with Gasteiger partial charge in [0.05, 0.1) is 29.7 Å². The van der Waals surface area contributed by atoms with Crippen LogP contribution >= 0.6 is 11.6 Å². The third-order valence-electron chi connectivity index (χ3n) is 5.04. The van der Waals surface area contributed by atoms with Crippen molar-refractivity contribution in [3.05, 3.63) is 68.9 Å². The lowest BCUT2D eigenvalue weighted by Gasteiger charge is -2.27. The normalized spacial score (nSPS) is 18.2. The summed E-state index contributed by atoms with van der Waals surface area (Å²) in [6.07, 6.45) is 1.80. The standard InChI is InChI=1S/C20H18ClNO6S/c1-12-7-18-15(8-16(12)21)17(23)9-19(28-18)20(24)22(10-14-3-2-5-27-14)13-4-6-29(25,26)11-13/h2-3,5,7-9,13H,4,6,10-11H2,1H3/t13-/m0/s1. The second kappa shape index (κ2) is 7.35. The van der Waals surface area contributed by atoms with E-state index in [1.165, 1.54) is 17.2 Å².